The third kappa shape index (κ3) is 4.19. The minimum Gasteiger partial charge on any atom is -0.486 e. The predicted octanol–water partition coefficient (Wildman–Crippen LogP) is 5.63. The van der Waals surface area contributed by atoms with Gasteiger partial charge in [0, 0.05) is 58.2 Å². The SMILES string of the molecule is Cc1nc(C(F)(F)F)cc(-c2ccnc3cc(CN4C(=O)C5C(C4=O)C5(C)C)sc23)c1O[C@H]1CCN(I)C1. The van der Waals surface area contributed by atoms with Gasteiger partial charge < -0.3 is 4.74 Å². The third-order valence-electron chi connectivity index (χ3n) is 7.77. The van der Waals surface area contributed by atoms with Crippen LogP contribution in [0.15, 0.2) is 24.4 Å². The van der Waals surface area contributed by atoms with Gasteiger partial charge in [0.15, 0.2) is 0 Å². The van der Waals surface area contributed by atoms with Crippen LogP contribution in [0, 0.1) is 24.2 Å². The molecular weight excluding hydrogens is 632 g/mol. The molecule has 3 aliphatic rings. The number of halogens is 4. The Labute approximate surface area is 234 Å². The van der Waals surface area contributed by atoms with Crippen LogP contribution in [0.25, 0.3) is 21.3 Å². The van der Waals surface area contributed by atoms with Crippen LogP contribution in [0.1, 0.15) is 36.5 Å². The molecule has 3 aromatic heterocycles. The average Bonchev–Trinajstić information content (AvgIpc) is 3.20. The van der Waals surface area contributed by atoms with Gasteiger partial charge in [-0.2, -0.15) is 13.2 Å². The van der Waals surface area contributed by atoms with E-state index in [9.17, 15) is 22.8 Å². The maximum absolute atomic E-state index is 13.8. The van der Waals surface area contributed by atoms with Gasteiger partial charge in [-0.15, -0.1) is 11.3 Å². The standard InChI is InChI=1S/C26H24F3IN4O3S/c1-12-21(37-13-5-7-33(30)10-13)16(9-18(32-12)26(27,28)29)15-4-6-31-17-8-14(38-22(15)17)11-34-23(35)19-20(24(34)36)25(19,2)3/h4,6,8-9,13,19-20H,5,7,10-11H2,1-3H3/t13-,19?,20?/m0/s1. The zero-order chi connectivity index (χ0) is 27.1. The number of fused-ring (bicyclic) bond motifs is 2. The second-order valence-corrected chi connectivity index (χ2v) is 13.2. The summed E-state index contributed by atoms with van der Waals surface area (Å²) >= 11 is 3.53. The van der Waals surface area contributed by atoms with E-state index in [0.29, 0.717) is 33.6 Å². The van der Waals surface area contributed by atoms with E-state index >= 15 is 0 Å². The summed E-state index contributed by atoms with van der Waals surface area (Å²) < 4.78 is 50.3. The number of likely N-dealkylation sites (tertiary alicyclic amines) is 1. The summed E-state index contributed by atoms with van der Waals surface area (Å²) in [6, 6.07) is 4.51. The predicted molar refractivity (Wildman–Crippen MR) is 144 cm³/mol. The number of aromatic nitrogens is 2. The van der Waals surface area contributed by atoms with Crippen LogP contribution < -0.4 is 4.74 Å². The number of rotatable bonds is 5. The molecule has 2 saturated heterocycles. The van der Waals surface area contributed by atoms with Crippen LogP contribution in [0.5, 0.6) is 5.75 Å². The molecule has 3 aromatic rings. The largest absolute Gasteiger partial charge is 0.486 e. The third-order valence-corrected chi connectivity index (χ3v) is 9.79. The van der Waals surface area contributed by atoms with Gasteiger partial charge in [-0.3, -0.25) is 19.5 Å². The summed E-state index contributed by atoms with van der Waals surface area (Å²) in [5.74, 6) is -0.539. The zero-order valence-electron chi connectivity index (χ0n) is 20.8. The van der Waals surface area contributed by atoms with Gasteiger partial charge in [0.1, 0.15) is 17.5 Å². The molecule has 0 spiro atoms. The number of alkyl halides is 3. The summed E-state index contributed by atoms with van der Waals surface area (Å²) in [6.07, 6.45) is -2.48. The van der Waals surface area contributed by atoms with Gasteiger partial charge in [-0.1, -0.05) is 13.8 Å². The Bertz CT molecular complexity index is 1470. The Morgan fingerprint density at radius 1 is 1.18 bits per heavy atom. The van der Waals surface area contributed by atoms with Gasteiger partial charge in [0.2, 0.25) is 11.8 Å². The fourth-order valence-electron chi connectivity index (χ4n) is 5.70. The molecule has 2 unspecified atom stereocenters. The summed E-state index contributed by atoms with van der Waals surface area (Å²) in [4.78, 5) is 36.0. The maximum Gasteiger partial charge on any atom is 0.433 e. The molecule has 200 valence electrons. The van der Waals surface area contributed by atoms with Crippen LogP contribution in [-0.4, -0.2) is 49.0 Å². The molecule has 1 saturated carbocycles. The van der Waals surface area contributed by atoms with Crippen LogP contribution in [0.4, 0.5) is 13.2 Å². The summed E-state index contributed by atoms with van der Waals surface area (Å²) in [5.41, 5.74) is 0.312. The van der Waals surface area contributed by atoms with E-state index in [0.717, 1.165) is 23.9 Å². The van der Waals surface area contributed by atoms with E-state index in [1.165, 1.54) is 23.2 Å². The van der Waals surface area contributed by atoms with E-state index in [1.807, 2.05) is 13.8 Å². The van der Waals surface area contributed by atoms with Crippen LogP contribution in [-0.2, 0) is 22.3 Å². The lowest BCUT2D eigenvalue weighted by Gasteiger charge is -2.20. The van der Waals surface area contributed by atoms with Crippen molar-refractivity contribution in [2.75, 3.05) is 13.1 Å². The Morgan fingerprint density at radius 3 is 2.53 bits per heavy atom. The molecule has 3 atom stereocenters. The molecule has 6 rings (SSSR count). The first-order valence-corrected chi connectivity index (χ1v) is 14.0. The number of hydrogen-bond acceptors (Lipinski definition) is 7. The minimum absolute atomic E-state index is 0.126. The van der Waals surface area contributed by atoms with Gasteiger partial charge >= 0.3 is 6.18 Å². The molecule has 38 heavy (non-hydrogen) atoms. The summed E-state index contributed by atoms with van der Waals surface area (Å²) in [6.45, 7) is 7.00. The molecule has 0 N–H and O–H groups in total. The molecule has 0 radical (unpaired) electrons. The normalized spacial score (nSPS) is 24.9. The van der Waals surface area contributed by atoms with E-state index in [4.69, 9.17) is 4.74 Å². The van der Waals surface area contributed by atoms with Gasteiger partial charge in [0.25, 0.3) is 0 Å². The Kier molecular flexibility index (Phi) is 6.04. The number of pyridine rings is 2. The van der Waals surface area contributed by atoms with Crippen molar-refractivity contribution in [3.05, 3.63) is 40.7 Å². The van der Waals surface area contributed by atoms with Gasteiger partial charge in [-0.05, 0) is 37.0 Å². The van der Waals surface area contributed by atoms with E-state index in [2.05, 4.69) is 35.9 Å². The van der Waals surface area contributed by atoms with Crippen LogP contribution in [0.2, 0.25) is 0 Å². The van der Waals surface area contributed by atoms with Crippen molar-refractivity contribution in [2.24, 2.45) is 17.3 Å². The molecule has 7 nitrogen and oxygen atoms in total. The fourth-order valence-corrected chi connectivity index (χ4v) is 7.55. The number of carbonyl (C=O) groups excluding carboxylic acids is 2. The number of thiophene rings is 1. The monoisotopic (exact) mass is 656 g/mol. The maximum atomic E-state index is 13.8. The highest BCUT2D eigenvalue weighted by Crippen LogP contribution is 2.63. The van der Waals surface area contributed by atoms with Gasteiger partial charge in [0.05, 0.1) is 34.3 Å². The van der Waals surface area contributed by atoms with Crippen molar-refractivity contribution in [3.8, 4) is 16.9 Å². The van der Waals surface area contributed by atoms with Crippen LogP contribution >= 0.6 is 34.2 Å². The second-order valence-electron chi connectivity index (χ2n) is 10.7. The molecule has 5 heterocycles. The Hall–Kier alpha value is -2.32. The number of imide groups is 1. The average molecular weight is 656 g/mol. The first-order chi connectivity index (χ1) is 17.9. The molecular formula is C26H24F3IN4O3S. The number of nitrogens with zero attached hydrogens (tertiary/aromatic N) is 4. The highest BCUT2D eigenvalue weighted by molar-refractivity contribution is 14.1. The quantitative estimate of drug-likeness (QED) is 0.202. The van der Waals surface area contributed by atoms with Crippen molar-refractivity contribution >= 4 is 56.2 Å². The summed E-state index contributed by atoms with van der Waals surface area (Å²) in [5, 5.41) is 0. The van der Waals surface area contributed by atoms with Gasteiger partial charge in [-0.25, -0.2) is 8.10 Å². The molecule has 1 aliphatic carbocycles. The molecule has 12 heteroatoms. The zero-order valence-corrected chi connectivity index (χ0v) is 23.8. The minimum atomic E-state index is -4.62. The topological polar surface area (TPSA) is 75.6 Å². The summed E-state index contributed by atoms with van der Waals surface area (Å²) in [7, 11) is 0. The lowest BCUT2D eigenvalue weighted by Crippen LogP contribution is -2.35. The van der Waals surface area contributed by atoms with Crippen molar-refractivity contribution < 1.29 is 27.5 Å². The molecule has 2 amide bonds. The lowest BCUT2D eigenvalue weighted by molar-refractivity contribution is -0.144. The van der Waals surface area contributed by atoms with E-state index in [1.54, 1.807) is 18.3 Å². The van der Waals surface area contributed by atoms with Crippen molar-refractivity contribution in [3.63, 3.8) is 0 Å². The molecule has 2 aliphatic heterocycles. The first kappa shape index (κ1) is 25.9. The highest BCUT2D eigenvalue weighted by Gasteiger charge is 2.72. The molecule has 0 bridgehead atoms. The smallest absolute Gasteiger partial charge is 0.433 e. The Morgan fingerprint density at radius 2 is 1.89 bits per heavy atom. The number of carbonyl (C=O) groups is 2. The number of piperidine rings is 1. The number of aryl methyl sites for hydroxylation is 1. The molecule has 0 aromatic carbocycles. The lowest BCUT2D eigenvalue weighted by atomic mass is 10.0. The van der Waals surface area contributed by atoms with Crippen molar-refractivity contribution in [1.29, 1.82) is 0 Å². The second kappa shape index (κ2) is 8.85. The Balaban J connectivity index is 1.40. The first-order valence-electron chi connectivity index (χ1n) is 12.3. The number of ether oxygens (including phenoxy) is 1. The van der Waals surface area contributed by atoms with Crippen LogP contribution in [0.3, 0.4) is 0 Å². The highest BCUT2D eigenvalue weighted by atomic mass is 127. The van der Waals surface area contributed by atoms with Crippen molar-refractivity contribution in [2.45, 2.75) is 46.0 Å². The fraction of sp³-hybridized carbons (Fsp3) is 0.462. The molecule has 3 fully saturated rings. The number of hydrogen-bond donors (Lipinski definition) is 0. The van der Waals surface area contributed by atoms with E-state index in [-0.39, 0.29) is 47.4 Å². The number of amides is 2. The van der Waals surface area contributed by atoms with Crippen molar-refractivity contribution in [1.82, 2.24) is 18.0 Å². The van der Waals surface area contributed by atoms with E-state index < -0.39 is 11.9 Å².